The number of ether oxygens (including phenoxy) is 7. The van der Waals surface area contributed by atoms with Gasteiger partial charge in [0.1, 0.15) is 60.9 Å². The minimum atomic E-state index is -0.779. The first-order valence-corrected chi connectivity index (χ1v) is 17.0. The van der Waals surface area contributed by atoms with E-state index in [4.69, 9.17) is 33.2 Å². The average Bonchev–Trinajstić information content (AvgIpc) is 3.20. The molecule has 0 fully saturated rings. The summed E-state index contributed by atoms with van der Waals surface area (Å²) in [5.74, 6) is 2.32. The first-order valence-electron chi connectivity index (χ1n) is 17.0. The Kier molecular flexibility index (Phi) is 12.2. The van der Waals surface area contributed by atoms with Crippen LogP contribution in [0.4, 0.5) is 0 Å². The summed E-state index contributed by atoms with van der Waals surface area (Å²) in [5, 5.41) is 2.84. The summed E-state index contributed by atoms with van der Waals surface area (Å²) in [7, 11) is 0. The monoisotopic (exact) mass is 710 g/mol. The lowest BCUT2D eigenvalue weighted by Gasteiger charge is -2.23. The Labute approximate surface area is 307 Å². The van der Waals surface area contributed by atoms with E-state index in [1.54, 1.807) is 0 Å². The third kappa shape index (κ3) is 9.74. The minimum Gasteiger partial charge on any atom is -0.490 e. The molecule has 0 bridgehead atoms. The molecular weight excluding hydrogens is 672 g/mol. The molecule has 9 heteroatoms. The molecule has 53 heavy (non-hydrogen) atoms. The molecular formula is C44H38O9. The fraction of sp³-hybridized carbons (Fsp3) is 0.136. The van der Waals surface area contributed by atoms with Crippen molar-refractivity contribution >= 4 is 33.5 Å². The maximum absolute atomic E-state index is 12.3. The van der Waals surface area contributed by atoms with Gasteiger partial charge in [0.2, 0.25) is 0 Å². The van der Waals surface area contributed by atoms with Crippen molar-refractivity contribution in [3.8, 4) is 34.5 Å². The van der Waals surface area contributed by atoms with E-state index in [9.17, 15) is 9.59 Å². The minimum absolute atomic E-state index is 0.0234. The zero-order valence-corrected chi connectivity index (χ0v) is 28.9. The van der Waals surface area contributed by atoms with Gasteiger partial charge in [0.05, 0.1) is 0 Å². The van der Waals surface area contributed by atoms with Crippen LogP contribution in [0.25, 0.3) is 21.5 Å². The summed E-state index contributed by atoms with van der Waals surface area (Å²) in [5.41, 5.74) is 0. The molecule has 0 saturated heterocycles. The summed E-state index contributed by atoms with van der Waals surface area (Å²) >= 11 is 0. The molecule has 0 N–H and O–H groups in total. The van der Waals surface area contributed by atoms with E-state index in [0.29, 0.717) is 45.3 Å². The summed E-state index contributed by atoms with van der Waals surface area (Å²) in [6.45, 7) is 7.10. The second kappa shape index (κ2) is 18.0. The van der Waals surface area contributed by atoms with Gasteiger partial charge in [0, 0.05) is 33.7 Å². The first-order chi connectivity index (χ1) is 26.0. The quantitative estimate of drug-likeness (QED) is 0.0492. The molecule has 6 aromatic carbocycles. The van der Waals surface area contributed by atoms with E-state index in [-0.39, 0.29) is 26.4 Å². The number of para-hydroxylation sites is 3. The van der Waals surface area contributed by atoms with Crippen molar-refractivity contribution in [2.24, 2.45) is 0 Å². The van der Waals surface area contributed by atoms with Crippen LogP contribution in [-0.4, -0.2) is 50.6 Å². The zero-order valence-electron chi connectivity index (χ0n) is 28.9. The van der Waals surface area contributed by atoms with Crippen molar-refractivity contribution in [1.29, 1.82) is 0 Å². The van der Waals surface area contributed by atoms with Gasteiger partial charge >= 0.3 is 11.9 Å². The number of esters is 2. The van der Waals surface area contributed by atoms with Crippen LogP contribution in [0.5, 0.6) is 34.5 Å². The van der Waals surface area contributed by atoms with Gasteiger partial charge in [-0.3, -0.25) is 0 Å². The molecule has 2 unspecified atom stereocenters. The Balaban J connectivity index is 1.36. The second-order valence-corrected chi connectivity index (χ2v) is 11.7. The van der Waals surface area contributed by atoms with Gasteiger partial charge < -0.3 is 33.2 Å². The Morgan fingerprint density at radius 3 is 1.32 bits per heavy atom. The summed E-state index contributed by atoms with van der Waals surface area (Å²) in [6, 6.07) is 41.1. The Bertz CT molecular complexity index is 2150. The van der Waals surface area contributed by atoms with Crippen LogP contribution in [0.1, 0.15) is 0 Å². The van der Waals surface area contributed by atoms with Gasteiger partial charge in [-0.05, 0) is 54.6 Å². The SMILES string of the molecule is C=CC(=O)OC(COc1ccccc1)COc1c2ccccc2c(OCC(COc2ccccc2)OC(=O)C=C)c2cc(Oc3ccccc3)ccc12. The van der Waals surface area contributed by atoms with Crippen LogP contribution in [0.3, 0.4) is 0 Å². The molecule has 0 radical (unpaired) electrons. The average molecular weight is 711 g/mol. The Morgan fingerprint density at radius 2 is 0.849 bits per heavy atom. The van der Waals surface area contributed by atoms with Gasteiger partial charge in [-0.2, -0.15) is 0 Å². The maximum Gasteiger partial charge on any atom is 0.330 e. The maximum atomic E-state index is 12.3. The van der Waals surface area contributed by atoms with Gasteiger partial charge in [-0.25, -0.2) is 9.59 Å². The predicted molar refractivity (Wildman–Crippen MR) is 203 cm³/mol. The topological polar surface area (TPSA) is 98.8 Å². The highest BCUT2D eigenvalue weighted by Gasteiger charge is 2.23. The summed E-state index contributed by atoms with van der Waals surface area (Å²) < 4.78 is 42.4. The number of fused-ring (bicyclic) bond motifs is 2. The molecule has 0 saturated carbocycles. The molecule has 9 nitrogen and oxygen atoms in total. The van der Waals surface area contributed by atoms with Crippen LogP contribution in [0, 0.1) is 0 Å². The molecule has 0 amide bonds. The molecule has 0 heterocycles. The van der Waals surface area contributed by atoms with Gasteiger partial charge in [0.25, 0.3) is 0 Å². The van der Waals surface area contributed by atoms with Crippen molar-refractivity contribution in [3.63, 3.8) is 0 Å². The third-order valence-electron chi connectivity index (χ3n) is 7.96. The lowest BCUT2D eigenvalue weighted by atomic mass is 10.00. The standard InChI is InChI=1S/C44H38O9/c1-3-41(45)52-35(27-47-31-16-8-5-9-17-31)29-49-43-37-22-14-15-23-38(37)44(40-26-34(24-25-39(40)43)51-33-20-12-7-13-21-33)50-30-36(53-42(46)4-2)28-48-32-18-10-6-11-19-32/h3-26,35-36H,1-2,27-30H2. The number of benzene rings is 6. The Hall–Kier alpha value is -6.74. The molecule has 2 atom stereocenters. The highest BCUT2D eigenvalue weighted by atomic mass is 16.6. The van der Waals surface area contributed by atoms with Crippen LogP contribution >= 0.6 is 0 Å². The van der Waals surface area contributed by atoms with Crippen LogP contribution in [0.15, 0.2) is 159 Å². The number of carbonyl (C=O) groups is 2. The molecule has 0 aliphatic carbocycles. The largest absolute Gasteiger partial charge is 0.490 e. The Morgan fingerprint density at radius 1 is 0.453 bits per heavy atom. The van der Waals surface area contributed by atoms with Crippen molar-refractivity contribution in [2.75, 3.05) is 26.4 Å². The first kappa shape index (κ1) is 36.1. The number of hydrogen-bond donors (Lipinski definition) is 0. The fourth-order valence-corrected chi connectivity index (χ4v) is 5.50. The van der Waals surface area contributed by atoms with E-state index >= 15 is 0 Å². The molecule has 6 rings (SSSR count). The lowest BCUT2D eigenvalue weighted by molar-refractivity contribution is -0.147. The molecule has 0 aliphatic heterocycles. The van der Waals surface area contributed by atoms with Crippen molar-refractivity contribution in [2.45, 2.75) is 12.2 Å². The van der Waals surface area contributed by atoms with Crippen molar-refractivity contribution in [3.05, 3.63) is 159 Å². The fourth-order valence-electron chi connectivity index (χ4n) is 5.50. The highest BCUT2D eigenvalue weighted by molar-refractivity contribution is 6.11. The lowest BCUT2D eigenvalue weighted by Crippen LogP contribution is -2.31. The molecule has 268 valence electrons. The van der Waals surface area contributed by atoms with Gasteiger partial charge in [-0.1, -0.05) is 92.0 Å². The molecule has 0 aliphatic rings. The summed E-state index contributed by atoms with van der Waals surface area (Å²) in [4.78, 5) is 24.7. The number of rotatable bonds is 18. The van der Waals surface area contributed by atoms with Crippen LogP contribution in [0.2, 0.25) is 0 Å². The molecule has 6 aromatic rings. The highest BCUT2D eigenvalue weighted by Crippen LogP contribution is 2.44. The molecule has 0 spiro atoms. The normalized spacial score (nSPS) is 11.8. The van der Waals surface area contributed by atoms with E-state index in [0.717, 1.165) is 22.9 Å². The smallest absolute Gasteiger partial charge is 0.330 e. The van der Waals surface area contributed by atoms with Crippen LogP contribution < -0.4 is 23.7 Å². The number of hydrogen-bond acceptors (Lipinski definition) is 9. The van der Waals surface area contributed by atoms with Crippen LogP contribution in [-0.2, 0) is 19.1 Å². The van der Waals surface area contributed by atoms with Gasteiger partial charge in [-0.15, -0.1) is 0 Å². The van der Waals surface area contributed by atoms with E-state index in [1.807, 2.05) is 133 Å². The predicted octanol–water partition coefficient (Wildman–Crippen LogP) is 8.90. The van der Waals surface area contributed by atoms with Crippen molar-refractivity contribution < 1.29 is 42.7 Å². The van der Waals surface area contributed by atoms with E-state index < -0.39 is 24.1 Å². The third-order valence-corrected chi connectivity index (χ3v) is 7.96. The van der Waals surface area contributed by atoms with E-state index in [1.165, 1.54) is 0 Å². The number of carbonyl (C=O) groups excluding carboxylic acids is 2. The summed E-state index contributed by atoms with van der Waals surface area (Å²) in [6.07, 6.45) is 0.658. The molecule has 0 aromatic heterocycles. The zero-order chi connectivity index (χ0) is 36.8. The van der Waals surface area contributed by atoms with E-state index in [2.05, 4.69) is 13.2 Å². The van der Waals surface area contributed by atoms with Gasteiger partial charge in [0.15, 0.2) is 12.2 Å². The van der Waals surface area contributed by atoms with Crippen molar-refractivity contribution in [1.82, 2.24) is 0 Å². The second-order valence-electron chi connectivity index (χ2n) is 11.7.